The largest absolute Gasteiger partial charge is 0.464 e. The maximum absolute atomic E-state index is 13.7. The van der Waals surface area contributed by atoms with Gasteiger partial charge in [-0.25, -0.2) is 39.5 Å². The Morgan fingerprint density at radius 1 is 0.828 bits per heavy atom. The van der Waals surface area contributed by atoms with Crippen molar-refractivity contribution in [2.75, 3.05) is 6.61 Å². The van der Waals surface area contributed by atoms with Crippen LogP contribution in [0.2, 0.25) is 0 Å². The second-order valence-corrected chi connectivity index (χ2v) is 5.41. The van der Waals surface area contributed by atoms with Gasteiger partial charge in [-0.3, -0.25) is 4.79 Å². The van der Waals surface area contributed by atoms with Crippen LogP contribution in [0.1, 0.15) is 17.0 Å². The monoisotopic (exact) mass is 427 g/mol. The number of carbonyl (C=O) groups is 1. The lowest BCUT2D eigenvalue weighted by atomic mass is 9.98. The first-order valence-corrected chi connectivity index (χ1v) is 7.42. The van der Waals surface area contributed by atoms with E-state index in [0.717, 1.165) is 6.07 Å². The molecule has 0 saturated carbocycles. The van der Waals surface area contributed by atoms with Gasteiger partial charge in [-0.2, -0.15) is 5.26 Å². The number of carbonyl (C=O) groups excluding carboxylic acids is 1. The molecule has 0 aromatic heterocycles. The van der Waals surface area contributed by atoms with E-state index in [1.807, 2.05) is 0 Å². The lowest BCUT2D eigenvalue weighted by Crippen LogP contribution is -2.21. The second kappa shape index (κ2) is 8.42. The number of nitrogens with zero attached hydrogens (tertiary/aromatic N) is 1. The molecule has 0 radical (unpaired) electrons. The van der Waals surface area contributed by atoms with Gasteiger partial charge in [0.1, 0.15) is 0 Å². The van der Waals surface area contributed by atoms with Crippen LogP contribution in [-0.2, 0) is 16.0 Å². The summed E-state index contributed by atoms with van der Waals surface area (Å²) in [6.07, 6.45) is -0.965. The fourth-order valence-corrected chi connectivity index (χ4v) is 2.29. The summed E-state index contributed by atoms with van der Waals surface area (Å²) in [5.41, 5.74) is -2.96. The van der Waals surface area contributed by atoms with E-state index in [-0.39, 0.29) is 6.07 Å². The molecule has 0 aliphatic heterocycles. The standard InChI is InChI=1S/C17H6F9NO2/c18-7-3-8(19)11(21)5(10(7)20)1-2-29-17(28)6(4-27)9-12(22)14(24)16(26)15(25)13(9)23/h3,6H,1-2H2. The third-order valence-corrected chi connectivity index (χ3v) is 3.70. The van der Waals surface area contributed by atoms with Gasteiger partial charge in [-0.15, -0.1) is 0 Å². The van der Waals surface area contributed by atoms with Crippen LogP contribution in [0.25, 0.3) is 0 Å². The first-order valence-electron chi connectivity index (χ1n) is 7.42. The lowest BCUT2D eigenvalue weighted by molar-refractivity contribution is -0.144. The zero-order valence-corrected chi connectivity index (χ0v) is 13.7. The van der Waals surface area contributed by atoms with Crippen molar-refractivity contribution in [1.82, 2.24) is 0 Å². The van der Waals surface area contributed by atoms with Gasteiger partial charge in [0.05, 0.1) is 18.2 Å². The molecule has 0 heterocycles. The second-order valence-electron chi connectivity index (χ2n) is 5.41. The van der Waals surface area contributed by atoms with Crippen LogP contribution in [0.4, 0.5) is 39.5 Å². The molecule has 2 rings (SSSR count). The van der Waals surface area contributed by atoms with Crippen molar-refractivity contribution in [3.8, 4) is 6.07 Å². The molecule has 0 bridgehead atoms. The highest BCUT2D eigenvalue weighted by atomic mass is 19.2. The molecule has 1 unspecified atom stereocenters. The van der Waals surface area contributed by atoms with Crippen molar-refractivity contribution in [3.63, 3.8) is 0 Å². The van der Waals surface area contributed by atoms with E-state index in [2.05, 4.69) is 4.74 Å². The van der Waals surface area contributed by atoms with Crippen LogP contribution in [0.3, 0.4) is 0 Å². The van der Waals surface area contributed by atoms with Crippen LogP contribution in [0, 0.1) is 63.7 Å². The van der Waals surface area contributed by atoms with E-state index in [0.29, 0.717) is 0 Å². The summed E-state index contributed by atoms with van der Waals surface area (Å²) in [6, 6.07) is 0.911. The molecule has 2 aromatic carbocycles. The highest BCUT2D eigenvalue weighted by Crippen LogP contribution is 2.29. The Labute approximate surface area is 155 Å². The molecule has 154 valence electrons. The van der Waals surface area contributed by atoms with Gasteiger partial charge in [0.25, 0.3) is 0 Å². The van der Waals surface area contributed by atoms with E-state index < -0.39 is 88.4 Å². The van der Waals surface area contributed by atoms with Crippen LogP contribution in [0.5, 0.6) is 0 Å². The molecule has 0 amide bonds. The number of nitriles is 1. The fraction of sp³-hybridized carbons (Fsp3) is 0.176. The van der Waals surface area contributed by atoms with Gasteiger partial charge in [0.2, 0.25) is 5.82 Å². The zero-order valence-electron chi connectivity index (χ0n) is 13.7. The molecule has 0 saturated heterocycles. The molecule has 0 N–H and O–H groups in total. The third-order valence-electron chi connectivity index (χ3n) is 3.70. The number of hydrogen-bond acceptors (Lipinski definition) is 3. The van der Waals surface area contributed by atoms with Gasteiger partial charge < -0.3 is 4.74 Å². The fourth-order valence-electron chi connectivity index (χ4n) is 2.29. The molecule has 0 aliphatic rings. The smallest absolute Gasteiger partial charge is 0.328 e. The summed E-state index contributed by atoms with van der Waals surface area (Å²) in [5.74, 6) is -23.8. The Kier molecular flexibility index (Phi) is 6.41. The molecule has 1 atom stereocenters. The summed E-state index contributed by atoms with van der Waals surface area (Å²) in [5, 5.41) is 8.89. The summed E-state index contributed by atoms with van der Waals surface area (Å²) >= 11 is 0. The van der Waals surface area contributed by atoms with E-state index >= 15 is 0 Å². The van der Waals surface area contributed by atoms with E-state index in [4.69, 9.17) is 5.26 Å². The number of esters is 1. The summed E-state index contributed by atoms with van der Waals surface area (Å²) in [6.45, 7) is -1.04. The van der Waals surface area contributed by atoms with Crippen molar-refractivity contribution in [2.45, 2.75) is 12.3 Å². The van der Waals surface area contributed by atoms with Crippen molar-refractivity contribution in [1.29, 1.82) is 5.26 Å². The van der Waals surface area contributed by atoms with Gasteiger partial charge in [0.15, 0.2) is 52.5 Å². The number of halogens is 9. The highest BCUT2D eigenvalue weighted by Gasteiger charge is 2.35. The number of ether oxygens (including phenoxy) is 1. The Bertz CT molecular complexity index is 978. The highest BCUT2D eigenvalue weighted by molar-refractivity contribution is 5.81. The number of hydrogen-bond donors (Lipinski definition) is 0. The van der Waals surface area contributed by atoms with Gasteiger partial charge in [0, 0.05) is 18.1 Å². The first-order chi connectivity index (χ1) is 13.5. The Morgan fingerprint density at radius 2 is 1.28 bits per heavy atom. The molecule has 0 aliphatic carbocycles. The molecular formula is C17H6F9NO2. The average molecular weight is 427 g/mol. The SMILES string of the molecule is N#CC(C(=O)OCCc1c(F)c(F)cc(F)c1F)c1c(F)c(F)c(F)c(F)c1F. The maximum atomic E-state index is 13.7. The molecule has 2 aromatic rings. The van der Waals surface area contributed by atoms with Gasteiger partial charge >= 0.3 is 5.97 Å². The Morgan fingerprint density at radius 3 is 1.72 bits per heavy atom. The van der Waals surface area contributed by atoms with Crippen LogP contribution >= 0.6 is 0 Å². The first kappa shape index (κ1) is 22.1. The van der Waals surface area contributed by atoms with E-state index in [9.17, 15) is 44.3 Å². The molecule has 0 fully saturated rings. The number of rotatable bonds is 5. The minimum atomic E-state index is -2.63. The zero-order chi connectivity index (χ0) is 22.0. The maximum Gasteiger partial charge on any atom is 0.328 e. The molecule has 12 heteroatoms. The minimum Gasteiger partial charge on any atom is -0.464 e. The van der Waals surface area contributed by atoms with E-state index in [1.165, 1.54) is 0 Å². The summed E-state index contributed by atoms with van der Waals surface area (Å²) in [7, 11) is 0. The average Bonchev–Trinajstić information content (AvgIpc) is 2.69. The summed E-state index contributed by atoms with van der Waals surface area (Å²) < 4.78 is 124. The van der Waals surface area contributed by atoms with Crippen molar-refractivity contribution in [3.05, 3.63) is 69.5 Å². The summed E-state index contributed by atoms with van der Waals surface area (Å²) in [4.78, 5) is 11.8. The molecule has 3 nitrogen and oxygen atoms in total. The lowest BCUT2D eigenvalue weighted by Gasteiger charge is -2.13. The molecule has 0 spiro atoms. The Hall–Kier alpha value is -3.23. The predicted molar refractivity (Wildman–Crippen MR) is 75.5 cm³/mol. The quantitative estimate of drug-likeness (QED) is 0.309. The van der Waals surface area contributed by atoms with Crippen molar-refractivity contribution >= 4 is 5.97 Å². The number of benzene rings is 2. The van der Waals surface area contributed by atoms with Crippen LogP contribution in [-0.4, -0.2) is 12.6 Å². The van der Waals surface area contributed by atoms with Crippen LogP contribution < -0.4 is 0 Å². The minimum absolute atomic E-state index is 0.0743. The topological polar surface area (TPSA) is 50.1 Å². The van der Waals surface area contributed by atoms with Crippen molar-refractivity contribution in [2.24, 2.45) is 0 Å². The molecular weight excluding hydrogens is 421 g/mol. The normalized spacial score (nSPS) is 11.9. The Balaban J connectivity index is 2.25. The predicted octanol–water partition coefficient (Wildman–Crippen LogP) is 4.33. The molecule has 29 heavy (non-hydrogen) atoms. The van der Waals surface area contributed by atoms with E-state index in [1.54, 1.807) is 0 Å². The van der Waals surface area contributed by atoms with Gasteiger partial charge in [-0.1, -0.05) is 0 Å². The van der Waals surface area contributed by atoms with Crippen LogP contribution in [0.15, 0.2) is 6.07 Å². The third kappa shape index (κ3) is 3.98. The van der Waals surface area contributed by atoms with Crippen molar-refractivity contribution < 1.29 is 49.0 Å². The van der Waals surface area contributed by atoms with Gasteiger partial charge in [-0.05, 0) is 0 Å².